The Morgan fingerprint density at radius 1 is 1.02 bits per heavy atom. The zero-order valence-electron chi connectivity index (χ0n) is 22.4. The predicted octanol–water partition coefficient (Wildman–Crippen LogP) is 6.07. The molecule has 2 fully saturated rings. The van der Waals surface area contributed by atoms with Crippen LogP contribution in [-0.4, -0.2) is 71.8 Å². The molecule has 0 bridgehead atoms. The third kappa shape index (κ3) is 7.49. The van der Waals surface area contributed by atoms with Crippen molar-refractivity contribution in [2.75, 3.05) is 32.8 Å². The van der Waals surface area contributed by atoms with Crippen LogP contribution in [0, 0.1) is 5.92 Å². The van der Waals surface area contributed by atoms with Crippen LogP contribution in [-0.2, 0) is 4.79 Å². The van der Waals surface area contributed by atoms with Crippen molar-refractivity contribution in [1.29, 1.82) is 0 Å². The Morgan fingerprint density at radius 3 is 2.40 bits per heavy atom. The van der Waals surface area contributed by atoms with Crippen LogP contribution in [0.2, 0.25) is 5.02 Å². The fourth-order valence-corrected chi connectivity index (χ4v) is 5.92. The number of amides is 2. The molecule has 2 aliphatic heterocycles. The predicted molar refractivity (Wildman–Crippen MR) is 146 cm³/mol. The van der Waals surface area contributed by atoms with Gasteiger partial charge in [0.05, 0.1) is 29.8 Å². The number of carbonyl (C=O) groups is 2. The fourth-order valence-electron chi connectivity index (χ4n) is 5.67. The monoisotopic (exact) mass is 580 g/mol. The number of alkyl halides is 3. The summed E-state index contributed by atoms with van der Waals surface area (Å²) in [6.07, 6.45) is 1.000. The zero-order valence-corrected chi connectivity index (χ0v) is 23.2. The minimum Gasteiger partial charge on any atom is -0.494 e. The minimum atomic E-state index is -4.63. The minimum absolute atomic E-state index is 0.0217. The Bertz CT molecular complexity index is 1140. The normalized spacial score (nSPS) is 19.1. The van der Waals surface area contributed by atoms with Gasteiger partial charge in [-0.3, -0.25) is 9.59 Å². The lowest BCUT2D eigenvalue weighted by molar-refractivity contribution is -0.172. The molecule has 0 saturated carbocycles. The number of piperidine rings is 1. The van der Waals surface area contributed by atoms with Gasteiger partial charge in [0.1, 0.15) is 5.75 Å². The summed E-state index contributed by atoms with van der Waals surface area (Å²) in [5.41, 5.74) is 0.371. The van der Waals surface area contributed by atoms with Crippen molar-refractivity contribution in [3.8, 4) is 5.75 Å². The highest BCUT2D eigenvalue weighted by Gasteiger charge is 2.47. The summed E-state index contributed by atoms with van der Waals surface area (Å²) in [5, 5.41) is 9.80. The lowest BCUT2D eigenvalue weighted by Gasteiger charge is -2.35. The molecule has 2 aromatic rings. The summed E-state index contributed by atoms with van der Waals surface area (Å²) < 4.78 is 47.0. The molecular formula is C30H36ClF3N2O4. The van der Waals surface area contributed by atoms with E-state index >= 15 is 0 Å². The number of carbonyl (C=O) groups excluding carboxylic acids is 2. The van der Waals surface area contributed by atoms with Crippen molar-refractivity contribution in [3.63, 3.8) is 0 Å². The van der Waals surface area contributed by atoms with Crippen molar-refractivity contribution >= 4 is 23.4 Å². The van der Waals surface area contributed by atoms with Crippen LogP contribution in [0.25, 0.3) is 0 Å². The van der Waals surface area contributed by atoms with E-state index in [9.17, 15) is 27.9 Å². The number of aliphatic hydroxyl groups is 1. The number of rotatable bonds is 10. The molecule has 4 rings (SSSR count). The third-order valence-electron chi connectivity index (χ3n) is 7.93. The topological polar surface area (TPSA) is 70.1 Å². The van der Waals surface area contributed by atoms with E-state index in [0.717, 1.165) is 32.1 Å². The molecule has 0 unspecified atom stereocenters. The SMILES string of the molecule is O=C([C@H](c1ccccc1)C(F)(F)F)N1CCC(CCCCOc2ccc(C(=O)N3CCC[C@H]3CO)c(Cl)c2)CC1. The molecule has 2 aliphatic rings. The van der Waals surface area contributed by atoms with E-state index in [4.69, 9.17) is 16.3 Å². The van der Waals surface area contributed by atoms with Gasteiger partial charge in [-0.15, -0.1) is 0 Å². The van der Waals surface area contributed by atoms with Crippen LogP contribution in [0.4, 0.5) is 13.2 Å². The van der Waals surface area contributed by atoms with Gasteiger partial charge in [-0.05, 0) is 68.2 Å². The Balaban J connectivity index is 1.18. The van der Waals surface area contributed by atoms with E-state index in [1.54, 1.807) is 29.2 Å². The van der Waals surface area contributed by atoms with Gasteiger partial charge >= 0.3 is 6.18 Å². The van der Waals surface area contributed by atoms with Gasteiger partial charge in [-0.2, -0.15) is 13.2 Å². The first-order valence-corrected chi connectivity index (χ1v) is 14.3. The summed E-state index contributed by atoms with van der Waals surface area (Å²) in [6.45, 7) is 1.69. The summed E-state index contributed by atoms with van der Waals surface area (Å²) in [7, 11) is 0. The second kappa shape index (κ2) is 13.7. The van der Waals surface area contributed by atoms with Gasteiger partial charge in [0.15, 0.2) is 5.92 Å². The van der Waals surface area contributed by atoms with Gasteiger partial charge in [0.25, 0.3) is 5.91 Å². The molecule has 6 nitrogen and oxygen atoms in total. The molecule has 2 aromatic carbocycles. The number of halogens is 4. The molecule has 0 aliphatic carbocycles. The van der Waals surface area contributed by atoms with Crippen LogP contribution in [0.15, 0.2) is 48.5 Å². The van der Waals surface area contributed by atoms with Crippen LogP contribution in [0.5, 0.6) is 5.75 Å². The first-order valence-electron chi connectivity index (χ1n) is 13.9. The number of likely N-dealkylation sites (tertiary alicyclic amines) is 2. The summed E-state index contributed by atoms with van der Waals surface area (Å²) >= 11 is 6.37. The Hall–Kier alpha value is -2.78. The Morgan fingerprint density at radius 2 is 1.75 bits per heavy atom. The molecule has 2 heterocycles. The lowest BCUT2D eigenvalue weighted by atomic mass is 9.90. The van der Waals surface area contributed by atoms with E-state index in [2.05, 4.69) is 0 Å². The van der Waals surface area contributed by atoms with Gasteiger partial charge in [-0.1, -0.05) is 48.4 Å². The molecule has 218 valence electrons. The lowest BCUT2D eigenvalue weighted by Crippen LogP contribution is -2.44. The van der Waals surface area contributed by atoms with Crippen molar-refractivity contribution < 1.29 is 32.6 Å². The van der Waals surface area contributed by atoms with Crippen LogP contribution in [0.3, 0.4) is 0 Å². The molecule has 2 amide bonds. The van der Waals surface area contributed by atoms with Crippen molar-refractivity contribution in [2.45, 2.75) is 63.1 Å². The number of ether oxygens (including phenoxy) is 1. The fraction of sp³-hybridized carbons (Fsp3) is 0.533. The summed E-state index contributed by atoms with van der Waals surface area (Å²) in [4.78, 5) is 28.7. The maximum atomic E-state index is 13.7. The number of nitrogens with zero attached hydrogens (tertiary/aromatic N) is 2. The number of unbranched alkanes of at least 4 members (excludes halogenated alkanes) is 1. The summed E-state index contributed by atoms with van der Waals surface area (Å²) in [6, 6.07) is 12.2. The number of hydrogen-bond donors (Lipinski definition) is 1. The van der Waals surface area contributed by atoms with Gasteiger partial charge in [0.2, 0.25) is 5.91 Å². The molecular weight excluding hydrogens is 545 g/mol. The van der Waals surface area contributed by atoms with E-state index < -0.39 is 18.0 Å². The molecule has 0 radical (unpaired) electrons. The van der Waals surface area contributed by atoms with E-state index in [0.29, 0.717) is 61.3 Å². The molecule has 0 aromatic heterocycles. The van der Waals surface area contributed by atoms with E-state index in [1.165, 1.54) is 29.2 Å². The van der Waals surface area contributed by atoms with E-state index in [1.807, 2.05) is 0 Å². The highest BCUT2D eigenvalue weighted by Crippen LogP contribution is 2.37. The second-order valence-electron chi connectivity index (χ2n) is 10.6. The largest absolute Gasteiger partial charge is 0.494 e. The van der Waals surface area contributed by atoms with Crippen LogP contribution in [0.1, 0.15) is 66.8 Å². The van der Waals surface area contributed by atoms with Gasteiger partial charge < -0.3 is 19.6 Å². The average molecular weight is 581 g/mol. The average Bonchev–Trinajstić information content (AvgIpc) is 3.42. The molecule has 2 atom stereocenters. The van der Waals surface area contributed by atoms with Crippen molar-refractivity contribution in [2.24, 2.45) is 5.92 Å². The second-order valence-corrected chi connectivity index (χ2v) is 11.0. The quantitative estimate of drug-likeness (QED) is 0.346. The van der Waals surface area contributed by atoms with Crippen molar-refractivity contribution in [1.82, 2.24) is 9.80 Å². The van der Waals surface area contributed by atoms with Gasteiger partial charge in [-0.25, -0.2) is 0 Å². The smallest absolute Gasteiger partial charge is 0.404 e. The first-order chi connectivity index (χ1) is 19.2. The molecule has 2 saturated heterocycles. The number of benzene rings is 2. The molecule has 10 heteroatoms. The van der Waals surface area contributed by atoms with E-state index in [-0.39, 0.29) is 24.1 Å². The van der Waals surface area contributed by atoms with Crippen LogP contribution >= 0.6 is 11.6 Å². The maximum absolute atomic E-state index is 13.7. The molecule has 40 heavy (non-hydrogen) atoms. The van der Waals surface area contributed by atoms with Crippen LogP contribution < -0.4 is 4.74 Å². The first kappa shape index (κ1) is 30.2. The number of aliphatic hydroxyl groups excluding tert-OH is 1. The highest BCUT2D eigenvalue weighted by molar-refractivity contribution is 6.34. The summed E-state index contributed by atoms with van der Waals surface area (Å²) in [5.74, 6) is -2.24. The maximum Gasteiger partial charge on any atom is 0.404 e. The molecule has 1 N–H and O–H groups in total. The van der Waals surface area contributed by atoms with Gasteiger partial charge in [0, 0.05) is 19.6 Å². The van der Waals surface area contributed by atoms with Crippen molar-refractivity contribution in [3.05, 3.63) is 64.7 Å². The third-order valence-corrected chi connectivity index (χ3v) is 8.24. The Labute approximate surface area is 238 Å². The Kier molecular flexibility index (Phi) is 10.4. The zero-order chi connectivity index (χ0) is 28.7. The molecule has 0 spiro atoms. The number of hydrogen-bond acceptors (Lipinski definition) is 4. The standard InChI is InChI=1S/C30H36ClF3N2O4/c31-26-19-24(11-12-25(26)28(38)36-15-6-10-23(36)20-37)40-18-5-4-7-21-13-16-35(17-14-21)29(39)27(30(32,33)34)22-8-2-1-3-9-22/h1-3,8-9,11-12,19,21,23,27,37H,4-7,10,13-18,20H2/t23-,27-/m0/s1. The highest BCUT2D eigenvalue weighted by atomic mass is 35.5.